The smallest absolute Gasteiger partial charge is 0.323 e. The van der Waals surface area contributed by atoms with Crippen molar-refractivity contribution in [2.24, 2.45) is 0 Å². The van der Waals surface area contributed by atoms with Crippen LogP contribution < -0.4 is 0 Å². The fourth-order valence-electron chi connectivity index (χ4n) is 1.43. The standard InChI is InChI=1S/C12H14N2O4/c1-3-5-14(8-11(15)16)12(17)13(2)7-10-4-6-18-9-10/h1,4,6,9H,5,7-8H2,2H3,(H,15,16). The van der Waals surface area contributed by atoms with Gasteiger partial charge < -0.3 is 19.3 Å². The number of hydrogen-bond acceptors (Lipinski definition) is 3. The van der Waals surface area contributed by atoms with Gasteiger partial charge in [0, 0.05) is 12.6 Å². The molecule has 0 unspecified atom stereocenters. The fourth-order valence-corrected chi connectivity index (χ4v) is 1.43. The first kappa shape index (κ1) is 13.6. The molecule has 1 rings (SSSR count). The molecule has 1 aromatic rings. The summed E-state index contributed by atoms with van der Waals surface area (Å²) in [4.78, 5) is 25.1. The molecule has 0 atom stereocenters. The Hall–Kier alpha value is -2.42. The molecule has 0 radical (unpaired) electrons. The normalized spacial score (nSPS) is 9.56. The topological polar surface area (TPSA) is 74.0 Å². The monoisotopic (exact) mass is 250 g/mol. The van der Waals surface area contributed by atoms with Crippen LogP contribution in [0.25, 0.3) is 0 Å². The Morgan fingerprint density at radius 2 is 2.28 bits per heavy atom. The zero-order valence-corrected chi connectivity index (χ0v) is 10.00. The van der Waals surface area contributed by atoms with Gasteiger partial charge in [0.2, 0.25) is 0 Å². The lowest BCUT2D eigenvalue weighted by Gasteiger charge is -2.25. The molecule has 0 saturated carbocycles. The lowest BCUT2D eigenvalue weighted by atomic mass is 10.3. The lowest BCUT2D eigenvalue weighted by molar-refractivity contribution is -0.137. The molecule has 18 heavy (non-hydrogen) atoms. The number of carbonyl (C=O) groups is 2. The first-order valence-corrected chi connectivity index (χ1v) is 5.21. The van der Waals surface area contributed by atoms with E-state index < -0.39 is 18.5 Å². The Morgan fingerprint density at radius 1 is 1.56 bits per heavy atom. The Labute approximate surface area is 105 Å². The molecule has 0 aliphatic rings. The molecule has 0 saturated heterocycles. The lowest BCUT2D eigenvalue weighted by Crippen LogP contribution is -2.43. The number of rotatable bonds is 5. The number of hydrogen-bond donors (Lipinski definition) is 1. The number of carboxylic acid groups (broad SMARTS) is 1. The quantitative estimate of drug-likeness (QED) is 0.786. The summed E-state index contributed by atoms with van der Waals surface area (Å²) in [7, 11) is 1.57. The van der Waals surface area contributed by atoms with Crippen LogP contribution in [0.1, 0.15) is 5.56 Å². The summed E-state index contributed by atoms with van der Waals surface area (Å²) in [5, 5.41) is 8.70. The molecule has 6 nitrogen and oxygen atoms in total. The molecule has 96 valence electrons. The van der Waals surface area contributed by atoms with Gasteiger partial charge in [0.05, 0.1) is 25.6 Å². The minimum absolute atomic E-state index is 0.0408. The maximum atomic E-state index is 12.0. The van der Waals surface area contributed by atoms with Crippen LogP contribution in [0.2, 0.25) is 0 Å². The van der Waals surface area contributed by atoms with Crippen molar-refractivity contribution in [3.05, 3.63) is 24.2 Å². The van der Waals surface area contributed by atoms with Gasteiger partial charge in [-0.15, -0.1) is 6.42 Å². The Morgan fingerprint density at radius 3 is 2.78 bits per heavy atom. The van der Waals surface area contributed by atoms with Crippen molar-refractivity contribution in [1.82, 2.24) is 9.80 Å². The molecular formula is C12H14N2O4. The van der Waals surface area contributed by atoms with Crippen molar-refractivity contribution < 1.29 is 19.1 Å². The predicted molar refractivity (Wildman–Crippen MR) is 63.6 cm³/mol. The van der Waals surface area contributed by atoms with Gasteiger partial charge in [-0.25, -0.2) is 4.79 Å². The number of furan rings is 1. The highest BCUT2D eigenvalue weighted by Gasteiger charge is 2.19. The molecule has 0 spiro atoms. The average molecular weight is 250 g/mol. The summed E-state index contributed by atoms with van der Waals surface area (Å²) in [5.41, 5.74) is 0.821. The SMILES string of the molecule is C#CCN(CC(=O)O)C(=O)N(C)Cc1ccoc1. The van der Waals surface area contributed by atoms with E-state index in [-0.39, 0.29) is 6.54 Å². The molecule has 0 fully saturated rings. The number of nitrogens with zero attached hydrogens (tertiary/aromatic N) is 2. The van der Waals surface area contributed by atoms with E-state index in [2.05, 4.69) is 5.92 Å². The molecular weight excluding hydrogens is 236 g/mol. The van der Waals surface area contributed by atoms with Gasteiger partial charge in [-0.05, 0) is 6.07 Å². The molecule has 0 aliphatic heterocycles. The van der Waals surface area contributed by atoms with Crippen molar-refractivity contribution in [2.75, 3.05) is 20.1 Å². The van der Waals surface area contributed by atoms with Crippen molar-refractivity contribution >= 4 is 12.0 Å². The molecule has 0 aliphatic carbocycles. The Balaban J connectivity index is 2.64. The van der Waals surface area contributed by atoms with Crippen LogP contribution in [0, 0.1) is 12.3 Å². The van der Waals surface area contributed by atoms with Gasteiger partial charge in [0.1, 0.15) is 6.54 Å². The van der Waals surface area contributed by atoms with E-state index in [0.29, 0.717) is 6.54 Å². The zero-order valence-electron chi connectivity index (χ0n) is 10.00. The van der Waals surface area contributed by atoms with E-state index >= 15 is 0 Å². The predicted octanol–water partition coefficient (Wildman–Crippen LogP) is 0.851. The van der Waals surface area contributed by atoms with E-state index in [1.54, 1.807) is 13.1 Å². The summed E-state index contributed by atoms with van der Waals surface area (Å²) in [6.45, 7) is -0.129. The third-order valence-electron chi connectivity index (χ3n) is 2.21. The second kappa shape index (κ2) is 6.35. The van der Waals surface area contributed by atoms with Crippen molar-refractivity contribution in [3.63, 3.8) is 0 Å². The second-order valence-electron chi connectivity index (χ2n) is 3.72. The van der Waals surface area contributed by atoms with Gasteiger partial charge in [-0.3, -0.25) is 4.79 Å². The van der Waals surface area contributed by atoms with Crippen molar-refractivity contribution in [1.29, 1.82) is 0 Å². The number of urea groups is 1. The molecule has 0 bridgehead atoms. The number of amides is 2. The molecule has 6 heteroatoms. The fraction of sp³-hybridized carbons (Fsp3) is 0.333. The van der Waals surface area contributed by atoms with Crippen LogP contribution in [0.5, 0.6) is 0 Å². The van der Waals surface area contributed by atoms with E-state index in [1.165, 1.54) is 17.4 Å². The highest BCUT2D eigenvalue weighted by atomic mass is 16.4. The van der Waals surface area contributed by atoms with Crippen LogP contribution in [-0.2, 0) is 11.3 Å². The number of carboxylic acids is 1. The molecule has 2 amide bonds. The number of terminal acetylenes is 1. The highest BCUT2D eigenvalue weighted by Crippen LogP contribution is 2.06. The highest BCUT2D eigenvalue weighted by molar-refractivity contribution is 5.80. The molecule has 1 aromatic heterocycles. The van der Waals surface area contributed by atoms with Gasteiger partial charge >= 0.3 is 12.0 Å². The number of aliphatic carboxylic acids is 1. The minimum Gasteiger partial charge on any atom is -0.480 e. The second-order valence-corrected chi connectivity index (χ2v) is 3.72. The van der Waals surface area contributed by atoms with Crippen LogP contribution in [0.15, 0.2) is 23.0 Å². The first-order chi connectivity index (χ1) is 8.54. The van der Waals surface area contributed by atoms with Crippen LogP contribution in [-0.4, -0.2) is 47.0 Å². The summed E-state index contributed by atoms with van der Waals surface area (Å²) in [5.74, 6) is 1.16. The number of carbonyl (C=O) groups excluding carboxylic acids is 1. The van der Waals surface area contributed by atoms with Gasteiger partial charge in [-0.2, -0.15) is 0 Å². The van der Waals surface area contributed by atoms with Gasteiger partial charge in [0.15, 0.2) is 0 Å². The first-order valence-electron chi connectivity index (χ1n) is 5.21. The Kier molecular flexibility index (Phi) is 4.81. The van der Waals surface area contributed by atoms with Crippen LogP contribution >= 0.6 is 0 Å². The molecule has 0 aromatic carbocycles. The van der Waals surface area contributed by atoms with E-state index in [1.807, 2.05) is 0 Å². The van der Waals surface area contributed by atoms with E-state index in [9.17, 15) is 9.59 Å². The van der Waals surface area contributed by atoms with Crippen LogP contribution in [0.3, 0.4) is 0 Å². The summed E-state index contributed by atoms with van der Waals surface area (Å²) in [6.07, 6.45) is 8.13. The average Bonchev–Trinajstić information content (AvgIpc) is 2.79. The zero-order chi connectivity index (χ0) is 13.5. The minimum atomic E-state index is -1.10. The van der Waals surface area contributed by atoms with Gasteiger partial charge in [0.25, 0.3) is 0 Å². The van der Waals surface area contributed by atoms with E-state index in [4.69, 9.17) is 15.9 Å². The third kappa shape index (κ3) is 3.87. The van der Waals surface area contributed by atoms with Crippen molar-refractivity contribution in [2.45, 2.75) is 6.54 Å². The largest absolute Gasteiger partial charge is 0.480 e. The third-order valence-corrected chi connectivity index (χ3v) is 2.21. The van der Waals surface area contributed by atoms with Crippen molar-refractivity contribution in [3.8, 4) is 12.3 Å². The summed E-state index contributed by atoms with van der Waals surface area (Å²) < 4.78 is 4.89. The maximum Gasteiger partial charge on any atom is 0.323 e. The molecule has 1 heterocycles. The Bertz CT molecular complexity index is 447. The van der Waals surface area contributed by atoms with Gasteiger partial charge in [-0.1, -0.05) is 5.92 Å². The summed E-state index contributed by atoms with van der Waals surface area (Å²) >= 11 is 0. The van der Waals surface area contributed by atoms with E-state index in [0.717, 1.165) is 10.5 Å². The maximum absolute atomic E-state index is 12.0. The summed E-state index contributed by atoms with van der Waals surface area (Å²) in [6, 6.07) is 1.29. The molecule has 1 N–H and O–H groups in total. The van der Waals surface area contributed by atoms with Crippen LogP contribution in [0.4, 0.5) is 4.79 Å².